The fraction of sp³-hybridized carbons (Fsp3) is 0.167. The van der Waals surface area contributed by atoms with Crippen LogP contribution in [0.15, 0.2) is 57.8 Å². The molecule has 2 aromatic carbocycles. The summed E-state index contributed by atoms with van der Waals surface area (Å²) < 4.78 is 28.3. The van der Waals surface area contributed by atoms with E-state index in [1.807, 2.05) is 6.92 Å². The van der Waals surface area contributed by atoms with E-state index in [9.17, 15) is 13.2 Å². The average molecular weight is 393 g/mol. The number of primary sulfonamides is 1. The van der Waals surface area contributed by atoms with Gasteiger partial charge in [-0.2, -0.15) is 0 Å². The summed E-state index contributed by atoms with van der Waals surface area (Å²) >= 11 is 5.96. The summed E-state index contributed by atoms with van der Waals surface area (Å²) in [7, 11) is -2.10. The molecule has 3 aromatic rings. The minimum Gasteiger partial charge on any atom is -0.451 e. The number of nitrogens with two attached hydrogens (primary N) is 1. The lowest BCUT2D eigenvalue weighted by Crippen LogP contribution is -2.29. The first-order chi connectivity index (χ1) is 12.2. The quantitative estimate of drug-likeness (QED) is 0.734. The van der Waals surface area contributed by atoms with Crippen molar-refractivity contribution in [1.82, 2.24) is 4.90 Å². The molecule has 1 aromatic heterocycles. The van der Waals surface area contributed by atoms with Crippen molar-refractivity contribution in [2.45, 2.75) is 17.9 Å². The molecule has 3 rings (SSSR count). The van der Waals surface area contributed by atoms with Crippen molar-refractivity contribution in [2.75, 3.05) is 7.05 Å². The highest BCUT2D eigenvalue weighted by atomic mass is 35.5. The third kappa shape index (κ3) is 3.60. The number of hydrogen-bond acceptors (Lipinski definition) is 4. The minimum atomic E-state index is -3.75. The topological polar surface area (TPSA) is 93.6 Å². The van der Waals surface area contributed by atoms with Crippen LogP contribution in [-0.4, -0.2) is 26.3 Å². The largest absolute Gasteiger partial charge is 0.451 e. The second-order valence-corrected chi connectivity index (χ2v) is 8.00. The Morgan fingerprint density at radius 1 is 1.15 bits per heavy atom. The van der Waals surface area contributed by atoms with Gasteiger partial charge in [0.05, 0.1) is 10.9 Å². The molecule has 1 atom stereocenters. The SMILES string of the molecule is CC(c1ccc(S(N)(=O)=O)cc1)N(C)C(=O)c1cc2cc(Cl)ccc2o1. The Bertz CT molecular complexity index is 1070. The monoisotopic (exact) mass is 392 g/mol. The van der Waals surface area contributed by atoms with E-state index >= 15 is 0 Å². The molecule has 6 nitrogen and oxygen atoms in total. The van der Waals surface area contributed by atoms with Gasteiger partial charge in [-0.1, -0.05) is 23.7 Å². The normalized spacial score (nSPS) is 12.9. The maximum absolute atomic E-state index is 12.7. The van der Waals surface area contributed by atoms with Gasteiger partial charge in [-0.3, -0.25) is 4.79 Å². The van der Waals surface area contributed by atoms with Gasteiger partial charge in [0.1, 0.15) is 5.58 Å². The number of furan rings is 1. The zero-order chi connectivity index (χ0) is 19.1. The Morgan fingerprint density at radius 3 is 2.42 bits per heavy atom. The van der Waals surface area contributed by atoms with Crippen LogP contribution in [-0.2, 0) is 10.0 Å². The summed E-state index contributed by atoms with van der Waals surface area (Å²) in [6.07, 6.45) is 0. The van der Waals surface area contributed by atoms with Gasteiger partial charge < -0.3 is 9.32 Å². The van der Waals surface area contributed by atoms with Crippen LogP contribution >= 0.6 is 11.6 Å². The van der Waals surface area contributed by atoms with Crippen LogP contribution in [0.1, 0.15) is 29.1 Å². The van der Waals surface area contributed by atoms with E-state index in [-0.39, 0.29) is 22.6 Å². The number of hydrogen-bond donors (Lipinski definition) is 1. The predicted molar refractivity (Wildman–Crippen MR) is 99.5 cm³/mol. The zero-order valence-electron chi connectivity index (χ0n) is 14.1. The molecule has 0 saturated heterocycles. The molecule has 0 aliphatic carbocycles. The zero-order valence-corrected chi connectivity index (χ0v) is 15.7. The maximum Gasteiger partial charge on any atom is 0.289 e. The van der Waals surface area contributed by atoms with Crippen molar-refractivity contribution >= 4 is 38.5 Å². The van der Waals surface area contributed by atoms with Gasteiger partial charge in [0, 0.05) is 17.5 Å². The number of benzene rings is 2. The summed E-state index contributed by atoms with van der Waals surface area (Å²) in [6, 6.07) is 12.6. The highest BCUT2D eigenvalue weighted by Crippen LogP contribution is 2.26. The van der Waals surface area contributed by atoms with Gasteiger partial charge in [-0.05, 0) is 48.9 Å². The number of carbonyl (C=O) groups excluding carboxylic acids is 1. The van der Waals surface area contributed by atoms with Crippen LogP contribution in [0.2, 0.25) is 5.02 Å². The Kier molecular flexibility index (Phi) is 4.79. The molecule has 0 aliphatic heterocycles. The number of rotatable bonds is 4. The maximum atomic E-state index is 12.7. The highest BCUT2D eigenvalue weighted by Gasteiger charge is 2.22. The van der Waals surface area contributed by atoms with E-state index in [2.05, 4.69) is 0 Å². The number of amides is 1. The van der Waals surface area contributed by atoms with Crippen LogP contribution in [0.3, 0.4) is 0 Å². The van der Waals surface area contributed by atoms with E-state index in [4.69, 9.17) is 21.2 Å². The minimum absolute atomic E-state index is 0.0246. The fourth-order valence-electron chi connectivity index (χ4n) is 2.63. The summed E-state index contributed by atoms with van der Waals surface area (Å²) in [5.41, 5.74) is 1.35. The van der Waals surface area contributed by atoms with E-state index < -0.39 is 10.0 Å². The molecule has 8 heteroatoms. The molecule has 2 N–H and O–H groups in total. The molecule has 1 unspecified atom stereocenters. The van der Waals surface area contributed by atoms with Crippen LogP contribution in [0.5, 0.6) is 0 Å². The third-order valence-corrected chi connectivity index (χ3v) is 5.45. The molecular weight excluding hydrogens is 376 g/mol. The van der Waals surface area contributed by atoms with Gasteiger partial charge in [-0.15, -0.1) is 0 Å². The van der Waals surface area contributed by atoms with Crippen molar-refractivity contribution in [3.63, 3.8) is 0 Å². The second kappa shape index (κ2) is 6.75. The highest BCUT2D eigenvalue weighted by molar-refractivity contribution is 7.89. The fourth-order valence-corrected chi connectivity index (χ4v) is 3.32. The van der Waals surface area contributed by atoms with Gasteiger partial charge >= 0.3 is 0 Å². The predicted octanol–water partition coefficient (Wildman–Crippen LogP) is 3.57. The van der Waals surface area contributed by atoms with Crippen molar-refractivity contribution in [3.05, 3.63) is 64.9 Å². The standard InChI is InChI=1S/C18H17ClN2O4S/c1-11(12-3-6-15(7-4-12)26(20,23)24)21(2)18(22)17-10-13-9-14(19)5-8-16(13)25-17/h3-11H,1-2H3,(H2,20,23,24). The molecule has 1 heterocycles. The summed E-state index contributed by atoms with van der Waals surface area (Å²) in [5, 5.41) is 6.41. The molecule has 1 amide bonds. The molecule has 0 radical (unpaired) electrons. The lowest BCUT2D eigenvalue weighted by atomic mass is 10.1. The number of fused-ring (bicyclic) bond motifs is 1. The van der Waals surface area contributed by atoms with Crippen molar-refractivity contribution in [1.29, 1.82) is 0 Å². The van der Waals surface area contributed by atoms with Crippen molar-refractivity contribution < 1.29 is 17.6 Å². The Hall–Kier alpha value is -2.35. The molecule has 0 aliphatic rings. The first-order valence-electron chi connectivity index (χ1n) is 7.76. The molecular formula is C18H17ClN2O4S. The molecule has 136 valence electrons. The first-order valence-corrected chi connectivity index (χ1v) is 9.68. The molecule has 26 heavy (non-hydrogen) atoms. The second-order valence-electron chi connectivity index (χ2n) is 6.00. The Labute approximate surface area is 156 Å². The first kappa shape index (κ1) is 18.4. The molecule has 0 fully saturated rings. The van der Waals surface area contributed by atoms with Gasteiger partial charge in [0.15, 0.2) is 5.76 Å². The van der Waals surface area contributed by atoms with E-state index in [0.717, 1.165) is 10.9 Å². The van der Waals surface area contributed by atoms with Gasteiger partial charge in [0.2, 0.25) is 10.0 Å². The third-order valence-electron chi connectivity index (χ3n) is 4.28. The van der Waals surface area contributed by atoms with Gasteiger partial charge in [-0.25, -0.2) is 13.6 Å². The summed E-state index contributed by atoms with van der Waals surface area (Å²) in [5.74, 6) is -0.0851. The Morgan fingerprint density at radius 2 is 1.81 bits per heavy atom. The summed E-state index contributed by atoms with van der Waals surface area (Å²) in [4.78, 5) is 14.3. The van der Waals surface area contributed by atoms with Gasteiger partial charge in [0.25, 0.3) is 5.91 Å². The van der Waals surface area contributed by atoms with E-state index in [1.165, 1.54) is 17.0 Å². The number of carbonyl (C=O) groups is 1. The van der Waals surface area contributed by atoms with E-state index in [0.29, 0.717) is 10.6 Å². The smallest absolute Gasteiger partial charge is 0.289 e. The molecule has 0 spiro atoms. The number of sulfonamides is 1. The molecule has 0 bridgehead atoms. The number of halogens is 1. The van der Waals surface area contributed by atoms with Crippen LogP contribution in [0.25, 0.3) is 11.0 Å². The van der Waals surface area contributed by atoms with Crippen molar-refractivity contribution in [2.24, 2.45) is 5.14 Å². The molecule has 0 saturated carbocycles. The van der Waals surface area contributed by atoms with E-state index in [1.54, 1.807) is 43.4 Å². The van der Waals surface area contributed by atoms with Crippen LogP contribution in [0.4, 0.5) is 0 Å². The Balaban J connectivity index is 1.84. The lowest BCUT2D eigenvalue weighted by Gasteiger charge is -2.24. The van der Waals surface area contributed by atoms with Crippen LogP contribution in [0, 0.1) is 0 Å². The number of nitrogens with zero attached hydrogens (tertiary/aromatic N) is 1. The average Bonchev–Trinajstić information content (AvgIpc) is 3.02. The summed E-state index contributed by atoms with van der Waals surface area (Å²) in [6.45, 7) is 1.84. The van der Waals surface area contributed by atoms with Crippen molar-refractivity contribution in [3.8, 4) is 0 Å². The lowest BCUT2D eigenvalue weighted by molar-refractivity contribution is 0.0713. The van der Waals surface area contributed by atoms with Crippen LogP contribution < -0.4 is 5.14 Å².